The number of benzene rings is 1. The highest BCUT2D eigenvalue weighted by Crippen LogP contribution is 2.46. The zero-order valence-electron chi connectivity index (χ0n) is 12.6. The quantitative estimate of drug-likeness (QED) is 0.773. The summed E-state index contributed by atoms with van der Waals surface area (Å²) in [7, 11) is 2.11. The molecule has 0 unspecified atom stereocenters. The van der Waals surface area contributed by atoms with Crippen LogP contribution in [0.15, 0.2) is 65.6 Å². The van der Waals surface area contributed by atoms with E-state index < -0.39 is 0 Å². The number of aliphatic imine (C=N–C) groups is 1. The fraction of sp³-hybridized carbons (Fsp3) is 0.222. The molecule has 0 radical (unpaired) electrons. The van der Waals surface area contributed by atoms with Gasteiger partial charge in [0.1, 0.15) is 0 Å². The Bertz CT molecular complexity index is 699. The third-order valence-electron chi connectivity index (χ3n) is 4.06. The fourth-order valence-corrected chi connectivity index (χ4v) is 2.93. The summed E-state index contributed by atoms with van der Waals surface area (Å²) in [4.78, 5) is 10.7. The maximum atomic E-state index is 4.46. The smallest absolute Gasteiger partial charge is 0.0660 e. The van der Waals surface area contributed by atoms with Crippen LogP contribution in [-0.4, -0.2) is 18.2 Å². The minimum absolute atomic E-state index is 0.00436. The van der Waals surface area contributed by atoms with Crippen molar-refractivity contribution < 1.29 is 0 Å². The van der Waals surface area contributed by atoms with Crippen molar-refractivity contribution in [1.29, 1.82) is 0 Å². The summed E-state index contributed by atoms with van der Waals surface area (Å²) in [5, 5.41) is 0. The standard InChI is InChI=1S/C18H19N3/c1-18(2)15-6-4-5-7-16(15)21(3)17(18)10-13-20-14-8-11-19-12-9-14/h4-13H,1-3H3/b17-10-,20-13?. The van der Waals surface area contributed by atoms with Gasteiger partial charge in [-0.3, -0.25) is 9.98 Å². The molecule has 0 saturated carbocycles. The Morgan fingerprint density at radius 2 is 1.81 bits per heavy atom. The largest absolute Gasteiger partial charge is 0.347 e. The van der Waals surface area contributed by atoms with Crippen molar-refractivity contribution in [2.24, 2.45) is 4.99 Å². The van der Waals surface area contributed by atoms with E-state index in [1.165, 1.54) is 16.9 Å². The average molecular weight is 277 g/mol. The molecule has 3 nitrogen and oxygen atoms in total. The van der Waals surface area contributed by atoms with Gasteiger partial charge in [0.15, 0.2) is 0 Å². The van der Waals surface area contributed by atoms with Gasteiger partial charge in [0.25, 0.3) is 0 Å². The first-order valence-electron chi connectivity index (χ1n) is 7.09. The van der Waals surface area contributed by atoms with Crippen LogP contribution < -0.4 is 4.90 Å². The monoisotopic (exact) mass is 277 g/mol. The minimum atomic E-state index is -0.00436. The highest BCUT2D eigenvalue weighted by Gasteiger charge is 2.37. The van der Waals surface area contributed by atoms with Gasteiger partial charge in [0, 0.05) is 42.5 Å². The molecule has 21 heavy (non-hydrogen) atoms. The summed E-state index contributed by atoms with van der Waals surface area (Å²) in [6.07, 6.45) is 7.47. The van der Waals surface area contributed by atoms with Crippen LogP contribution in [-0.2, 0) is 5.41 Å². The normalized spacial score (nSPS) is 18.4. The average Bonchev–Trinajstić information content (AvgIpc) is 2.70. The van der Waals surface area contributed by atoms with E-state index in [9.17, 15) is 0 Å². The molecule has 0 fully saturated rings. The van der Waals surface area contributed by atoms with Crippen molar-refractivity contribution in [3.63, 3.8) is 0 Å². The molecule has 1 aromatic heterocycles. The molecule has 0 N–H and O–H groups in total. The van der Waals surface area contributed by atoms with Gasteiger partial charge in [-0.05, 0) is 29.8 Å². The lowest BCUT2D eigenvalue weighted by Crippen LogP contribution is -2.22. The van der Waals surface area contributed by atoms with Gasteiger partial charge in [-0.15, -0.1) is 0 Å². The number of rotatable bonds is 2. The van der Waals surface area contributed by atoms with E-state index >= 15 is 0 Å². The number of likely N-dealkylation sites (N-methyl/N-ethyl adjacent to an activating group) is 1. The Morgan fingerprint density at radius 3 is 2.52 bits per heavy atom. The van der Waals surface area contributed by atoms with E-state index in [1.807, 2.05) is 18.3 Å². The molecule has 1 aromatic carbocycles. The lowest BCUT2D eigenvalue weighted by atomic mass is 9.84. The minimum Gasteiger partial charge on any atom is -0.347 e. The summed E-state index contributed by atoms with van der Waals surface area (Å²) >= 11 is 0. The number of hydrogen-bond acceptors (Lipinski definition) is 3. The molecule has 0 saturated heterocycles. The molecule has 2 heterocycles. The number of allylic oxidation sites excluding steroid dienone is 2. The number of hydrogen-bond donors (Lipinski definition) is 0. The maximum absolute atomic E-state index is 4.46. The molecule has 3 heteroatoms. The van der Waals surface area contributed by atoms with Crippen LogP contribution in [0, 0.1) is 0 Å². The van der Waals surface area contributed by atoms with Crippen molar-refractivity contribution >= 4 is 17.6 Å². The molecule has 106 valence electrons. The molecule has 3 rings (SSSR count). The molecule has 0 amide bonds. The van der Waals surface area contributed by atoms with Crippen molar-refractivity contribution in [2.45, 2.75) is 19.3 Å². The lowest BCUT2D eigenvalue weighted by molar-refractivity contribution is 0.641. The number of para-hydroxylation sites is 1. The van der Waals surface area contributed by atoms with Gasteiger partial charge in [0.2, 0.25) is 0 Å². The molecular weight excluding hydrogens is 258 g/mol. The molecule has 1 aliphatic rings. The number of anilines is 1. The summed E-state index contributed by atoms with van der Waals surface area (Å²) in [6, 6.07) is 12.3. The van der Waals surface area contributed by atoms with E-state index in [-0.39, 0.29) is 5.41 Å². The van der Waals surface area contributed by atoms with Crippen LogP contribution in [0.3, 0.4) is 0 Å². The molecular formula is C18H19N3. The van der Waals surface area contributed by atoms with E-state index in [0.717, 1.165) is 5.69 Å². The first kappa shape index (κ1) is 13.6. The van der Waals surface area contributed by atoms with Crippen LogP contribution in [0.5, 0.6) is 0 Å². The van der Waals surface area contributed by atoms with Gasteiger partial charge < -0.3 is 4.90 Å². The zero-order valence-corrected chi connectivity index (χ0v) is 12.6. The Hall–Kier alpha value is -2.42. The predicted octanol–water partition coefficient (Wildman–Crippen LogP) is 4.10. The summed E-state index contributed by atoms with van der Waals surface area (Å²) in [5.41, 5.74) is 4.79. The first-order chi connectivity index (χ1) is 10.1. The topological polar surface area (TPSA) is 28.5 Å². The highest BCUT2D eigenvalue weighted by atomic mass is 15.2. The molecule has 0 spiro atoms. The van der Waals surface area contributed by atoms with Gasteiger partial charge in [-0.1, -0.05) is 32.0 Å². The Morgan fingerprint density at radius 1 is 1.10 bits per heavy atom. The van der Waals surface area contributed by atoms with E-state index in [0.29, 0.717) is 0 Å². The van der Waals surface area contributed by atoms with E-state index in [4.69, 9.17) is 0 Å². The summed E-state index contributed by atoms with van der Waals surface area (Å²) in [5.74, 6) is 0. The van der Waals surface area contributed by atoms with Crippen LogP contribution in [0.4, 0.5) is 11.4 Å². The van der Waals surface area contributed by atoms with Crippen molar-refractivity contribution in [2.75, 3.05) is 11.9 Å². The van der Waals surface area contributed by atoms with Gasteiger partial charge in [-0.25, -0.2) is 0 Å². The van der Waals surface area contributed by atoms with Crippen molar-refractivity contribution in [1.82, 2.24) is 4.98 Å². The summed E-state index contributed by atoms with van der Waals surface area (Å²) in [6.45, 7) is 4.50. The van der Waals surface area contributed by atoms with Gasteiger partial charge >= 0.3 is 0 Å². The predicted molar refractivity (Wildman–Crippen MR) is 88.3 cm³/mol. The van der Waals surface area contributed by atoms with Crippen LogP contribution in [0.1, 0.15) is 19.4 Å². The number of aromatic nitrogens is 1. The van der Waals surface area contributed by atoms with Crippen LogP contribution in [0.25, 0.3) is 0 Å². The van der Waals surface area contributed by atoms with E-state index in [1.54, 1.807) is 12.4 Å². The molecule has 0 atom stereocenters. The van der Waals surface area contributed by atoms with E-state index in [2.05, 4.69) is 66.1 Å². The highest BCUT2D eigenvalue weighted by molar-refractivity contribution is 5.80. The Kier molecular flexibility index (Phi) is 3.34. The van der Waals surface area contributed by atoms with Crippen molar-refractivity contribution in [3.05, 3.63) is 66.1 Å². The number of fused-ring (bicyclic) bond motifs is 1. The van der Waals surface area contributed by atoms with Gasteiger partial charge in [0.05, 0.1) is 5.69 Å². The van der Waals surface area contributed by atoms with Crippen LogP contribution in [0.2, 0.25) is 0 Å². The summed E-state index contributed by atoms with van der Waals surface area (Å²) < 4.78 is 0. The number of nitrogens with zero attached hydrogens (tertiary/aromatic N) is 3. The first-order valence-corrected chi connectivity index (χ1v) is 7.09. The Labute approximate surface area is 125 Å². The van der Waals surface area contributed by atoms with Gasteiger partial charge in [-0.2, -0.15) is 0 Å². The fourth-order valence-electron chi connectivity index (χ4n) is 2.93. The molecule has 2 aromatic rings. The number of pyridine rings is 1. The Balaban J connectivity index is 1.93. The lowest BCUT2D eigenvalue weighted by Gasteiger charge is -2.23. The zero-order chi connectivity index (χ0) is 14.9. The molecule has 1 aliphatic heterocycles. The third-order valence-corrected chi connectivity index (χ3v) is 4.06. The SMILES string of the molecule is CN1/C(=C\C=Nc2ccncc2)C(C)(C)c2ccccc21. The second-order valence-electron chi connectivity index (χ2n) is 5.74. The van der Waals surface area contributed by atoms with Crippen molar-refractivity contribution in [3.8, 4) is 0 Å². The second kappa shape index (κ2) is 5.17. The maximum Gasteiger partial charge on any atom is 0.0660 e. The third kappa shape index (κ3) is 2.35. The van der Waals surface area contributed by atoms with Crippen LogP contribution >= 0.6 is 0 Å². The molecule has 0 aliphatic carbocycles. The second-order valence-corrected chi connectivity index (χ2v) is 5.74. The molecule has 0 bridgehead atoms.